The lowest BCUT2D eigenvalue weighted by molar-refractivity contribution is -0.137. The highest BCUT2D eigenvalue weighted by Gasteiger charge is 2.37. The molecule has 0 saturated carbocycles. The molecule has 128 valence electrons. The molecule has 5 nitrogen and oxygen atoms in total. The zero-order valence-electron chi connectivity index (χ0n) is 13.5. The molecule has 2 aromatic rings. The number of allylic oxidation sites excluding steroid dienone is 1. The Labute approximate surface area is 150 Å². The minimum atomic E-state index is -0.958. The first-order valence-electron chi connectivity index (χ1n) is 7.61. The lowest BCUT2D eigenvalue weighted by Crippen LogP contribution is -2.28. The van der Waals surface area contributed by atoms with Crippen LogP contribution in [0.5, 0.6) is 5.75 Å². The van der Waals surface area contributed by atoms with Crippen molar-refractivity contribution in [2.45, 2.75) is 12.3 Å². The Morgan fingerprint density at radius 3 is 2.52 bits per heavy atom. The van der Waals surface area contributed by atoms with E-state index in [2.05, 4.69) is 6.58 Å². The van der Waals surface area contributed by atoms with Crippen molar-refractivity contribution >= 4 is 29.2 Å². The van der Waals surface area contributed by atoms with Crippen molar-refractivity contribution in [2.75, 3.05) is 12.0 Å². The Morgan fingerprint density at radius 1 is 1.24 bits per heavy atom. The second-order valence-corrected chi connectivity index (χ2v) is 6.15. The van der Waals surface area contributed by atoms with Crippen molar-refractivity contribution < 1.29 is 19.4 Å². The van der Waals surface area contributed by atoms with E-state index in [9.17, 15) is 14.7 Å². The second-order valence-electron chi connectivity index (χ2n) is 5.71. The van der Waals surface area contributed by atoms with Gasteiger partial charge in [0, 0.05) is 22.2 Å². The molecule has 6 heteroatoms. The maximum absolute atomic E-state index is 13.0. The Hall–Kier alpha value is -2.79. The van der Waals surface area contributed by atoms with Gasteiger partial charge < -0.3 is 9.84 Å². The molecule has 25 heavy (non-hydrogen) atoms. The standard InChI is InChI=1S/C19H16ClNO4/c1-11-15(10-18(22)23)16-9-14(25-2)7-8-17(16)21(11)19(24)12-3-5-13(20)6-4-12/h3-9,15H,1,10H2,2H3,(H,22,23). The van der Waals surface area contributed by atoms with Crippen molar-refractivity contribution in [2.24, 2.45) is 0 Å². The molecule has 0 aliphatic carbocycles. The first kappa shape index (κ1) is 17.0. The minimum absolute atomic E-state index is 0.149. The van der Waals surface area contributed by atoms with Gasteiger partial charge in [0.05, 0.1) is 19.2 Å². The van der Waals surface area contributed by atoms with Crippen LogP contribution in [0.25, 0.3) is 0 Å². The Kier molecular flexibility index (Phi) is 4.51. The molecule has 0 radical (unpaired) electrons. The maximum atomic E-state index is 13.0. The number of carboxylic acid groups (broad SMARTS) is 1. The predicted molar refractivity (Wildman–Crippen MR) is 95.4 cm³/mol. The quantitative estimate of drug-likeness (QED) is 0.895. The van der Waals surface area contributed by atoms with Gasteiger partial charge in [-0.05, 0) is 48.0 Å². The van der Waals surface area contributed by atoms with E-state index in [0.29, 0.717) is 33.3 Å². The van der Waals surface area contributed by atoms with Crippen molar-refractivity contribution in [3.63, 3.8) is 0 Å². The highest BCUT2D eigenvalue weighted by Crippen LogP contribution is 2.46. The largest absolute Gasteiger partial charge is 0.497 e. The molecule has 1 aliphatic rings. The number of ether oxygens (including phenoxy) is 1. The van der Waals surface area contributed by atoms with E-state index < -0.39 is 11.9 Å². The SMILES string of the molecule is C=C1C(CC(=O)O)c2cc(OC)ccc2N1C(=O)c1ccc(Cl)cc1. The summed E-state index contributed by atoms with van der Waals surface area (Å²) in [6.45, 7) is 3.98. The van der Waals surface area contributed by atoms with E-state index in [-0.39, 0.29) is 12.3 Å². The number of halogens is 1. The molecule has 0 fully saturated rings. The first-order chi connectivity index (χ1) is 11.9. The zero-order chi connectivity index (χ0) is 18.1. The van der Waals surface area contributed by atoms with Gasteiger partial charge >= 0.3 is 5.97 Å². The third-order valence-corrected chi connectivity index (χ3v) is 4.47. The van der Waals surface area contributed by atoms with Crippen molar-refractivity contribution in [1.82, 2.24) is 0 Å². The third-order valence-electron chi connectivity index (χ3n) is 4.21. The van der Waals surface area contributed by atoms with Gasteiger partial charge in [-0.3, -0.25) is 14.5 Å². The number of hydrogen-bond donors (Lipinski definition) is 1. The highest BCUT2D eigenvalue weighted by atomic mass is 35.5. The molecule has 0 bridgehead atoms. The highest BCUT2D eigenvalue weighted by molar-refractivity contribution is 6.30. The van der Waals surface area contributed by atoms with E-state index in [4.69, 9.17) is 16.3 Å². The number of fused-ring (bicyclic) bond motifs is 1. The van der Waals surface area contributed by atoms with Gasteiger partial charge in [0.15, 0.2) is 0 Å². The van der Waals surface area contributed by atoms with Crippen LogP contribution in [-0.2, 0) is 4.79 Å². The van der Waals surface area contributed by atoms with Gasteiger partial charge in [-0.1, -0.05) is 18.2 Å². The number of hydrogen-bond acceptors (Lipinski definition) is 3. The smallest absolute Gasteiger partial charge is 0.304 e. The van der Waals surface area contributed by atoms with Crippen LogP contribution in [0.4, 0.5) is 5.69 Å². The summed E-state index contributed by atoms with van der Waals surface area (Å²) in [5.74, 6) is -1.12. The summed E-state index contributed by atoms with van der Waals surface area (Å²) in [4.78, 5) is 25.7. The molecule has 1 amide bonds. The normalized spacial score (nSPS) is 15.8. The molecule has 1 aliphatic heterocycles. The summed E-state index contributed by atoms with van der Waals surface area (Å²) in [5.41, 5.74) is 2.22. The fourth-order valence-electron chi connectivity index (χ4n) is 3.00. The number of aliphatic carboxylic acids is 1. The van der Waals surface area contributed by atoms with Gasteiger partial charge in [-0.15, -0.1) is 0 Å². The lowest BCUT2D eigenvalue weighted by Gasteiger charge is -2.20. The Balaban J connectivity index is 2.06. The molecule has 1 atom stereocenters. The fraction of sp³-hybridized carbons (Fsp3) is 0.158. The van der Waals surface area contributed by atoms with Gasteiger partial charge in [0.25, 0.3) is 5.91 Å². The minimum Gasteiger partial charge on any atom is -0.497 e. The molecule has 0 aromatic heterocycles. The second kappa shape index (κ2) is 6.61. The topological polar surface area (TPSA) is 66.8 Å². The third kappa shape index (κ3) is 3.10. The molecule has 1 unspecified atom stereocenters. The fourth-order valence-corrected chi connectivity index (χ4v) is 3.12. The summed E-state index contributed by atoms with van der Waals surface area (Å²) in [6.07, 6.45) is -0.149. The van der Waals surface area contributed by atoms with Crippen molar-refractivity contribution in [1.29, 1.82) is 0 Å². The number of anilines is 1. The summed E-state index contributed by atoms with van der Waals surface area (Å²) < 4.78 is 5.23. The zero-order valence-corrected chi connectivity index (χ0v) is 14.3. The van der Waals surface area contributed by atoms with Gasteiger partial charge in [0.1, 0.15) is 5.75 Å². The van der Waals surface area contributed by atoms with Crippen LogP contribution in [0.2, 0.25) is 5.02 Å². The number of nitrogens with zero attached hydrogens (tertiary/aromatic N) is 1. The molecule has 0 spiro atoms. The van der Waals surface area contributed by atoms with E-state index in [0.717, 1.165) is 0 Å². The number of carbonyl (C=O) groups is 2. The summed E-state index contributed by atoms with van der Waals surface area (Å²) in [6, 6.07) is 11.8. The van der Waals surface area contributed by atoms with Gasteiger partial charge in [-0.2, -0.15) is 0 Å². The van der Waals surface area contributed by atoms with Crippen LogP contribution in [0.3, 0.4) is 0 Å². The number of amides is 1. The van der Waals surface area contributed by atoms with E-state index >= 15 is 0 Å². The number of rotatable bonds is 4. The monoisotopic (exact) mass is 357 g/mol. The van der Waals surface area contributed by atoms with E-state index in [1.165, 1.54) is 12.0 Å². The van der Waals surface area contributed by atoms with Crippen LogP contribution < -0.4 is 9.64 Å². The molecular weight excluding hydrogens is 342 g/mol. The molecule has 1 heterocycles. The van der Waals surface area contributed by atoms with Crippen LogP contribution in [-0.4, -0.2) is 24.1 Å². The average Bonchev–Trinajstić information content (AvgIpc) is 2.86. The Bertz CT molecular complexity index is 860. The number of benzene rings is 2. The number of carboxylic acids is 1. The van der Waals surface area contributed by atoms with Crippen molar-refractivity contribution in [3.8, 4) is 5.75 Å². The van der Waals surface area contributed by atoms with Crippen molar-refractivity contribution in [3.05, 3.63) is 70.9 Å². The van der Waals surface area contributed by atoms with E-state index in [1.54, 1.807) is 42.5 Å². The molecule has 1 N–H and O–H groups in total. The molecular formula is C19H16ClNO4. The van der Waals surface area contributed by atoms with Crippen LogP contribution in [0.15, 0.2) is 54.7 Å². The number of methoxy groups -OCH3 is 1. The summed E-state index contributed by atoms with van der Waals surface area (Å²) in [5, 5.41) is 9.76. The summed E-state index contributed by atoms with van der Waals surface area (Å²) >= 11 is 5.88. The van der Waals surface area contributed by atoms with E-state index in [1.807, 2.05) is 0 Å². The lowest BCUT2D eigenvalue weighted by atomic mass is 9.95. The van der Waals surface area contributed by atoms with Crippen LogP contribution in [0.1, 0.15) is 28.3 Å². The summed E-state index contributed by atoms with van der Waals surface area (Å²) in [7, 11) is 1.54. The van der Waals surface area contributed by atoms with Gasteiger partial charge in [0.2, 0.25) is 0 Å². The van der Waals surface area contributed by atoms with Crippen LogP contribution >= 0.6 is 11.6 Å². The molecule has 2 aromatic carbocycles. The average molecular weight is 358 g/mol. The predicted octanol–water partition coefficient (Wildman–Crippen LogP) is 4.08. The molecule has 3 rings (SSSR count). The Morgan fingerprint density at radius 2 is 1.92 bits per heavy atom. The van der Waals surface area contributed by atoms with Crippen LogP contribution in [0, 0.1) is 0 Å². The molecule has 0 saturated heterocycles. The maximum Gasteiger partial charge on any atom is 0.304 e. The first-order valence-corrected chi connectivity index (χ1v) is 7.98. The number of carbonyl (C=O) groups excluding carboxylic acids is 1. The van der Waals surface area contributed by atoms with Gasteiger partial charge in [-0.25, -0.2) is 0 Å².